The second-order valence-electron chi connectivity index (χ2n) is 6.02. The molecule has 1 aromatic heterocycles. The molecule has 150 valence electrons. The summed E-state index contributed by atoms with van der Waals surface area (Å²) in [5.41, 5.74) is 0.834. The second-order valence-corrected chi connectivity index (χ2v) is 6.02. The van der Waals surface area contributed by atoms with Gasteiger partial charge < -0.3 is 20.1 Å². The van der Waals surface area contributed by atoms with E-state index in [9.17, 15) is 9.18 Å². The van der Waals surface area contributed by atoms with Crippen molar-refractivity contribution in [2.45, 2.75) is 6.54 Å². The first kappa shape index (κ1) is 20.1. The van der Waals surface area contributed by atoms with Crippen LogP contribution < -0.4 is 20.1 Å². The van der Waals surface area contributed by atoms with E-state index in [1.165, 1.54) is 18.5 Å². The number of ether oxygens (including phenoxy) is 2. The summed E-state index contributed by atoms with van der Waals surface area (Å²) in [6.45, 7) is 0.903. The van der Waals surface area contributed by atoms with Gasteiger partial charge in [0.05, 0.1) is 19.2 Å². The molecule has 2 aromatic carbocycles. The van der Waals surface area contributed by atoms with Gasteiger partial charge in [-0.25, -0.2) is 14.4 Å². The summed E-state index contributed by atoms with van der Waals surface area (Å²) in [5.74, 6) is 1.15. The van der Waals surface area contributed by atoms with Crippen LogP contribution in [0.2, 0.25) is 0 Å². The number of hydrogen-bond donors (Lipinski definition) is 2. The molecular weight excluding hydrogens is 375 g/mol. The molecule has 2 N–H and O–H groups in total. The van der Waals surface area contributed by atoms with Crippen LogP contribution in [0.5, 0.6) is 11.5 Å². The van der Waals surface area contributed by atoms with Crippen LogP contribution in [0.4, 0.5) is 10.3 Å². The van der Waals surface area contributed by atoms with Gasteiger partial charge in [0.1, 0.15) is 23.9 Å². The highest BCUT2D eigenvalue weighted by atomic mass is 19.1. The Bertz CT molecular complexity index is 933. The van der Waals surface area contributed by atoms with Crippen LogP contribution >= 0.6 is 0 Å². The lowest BCUT2D eigenvalue weighted by molar-refractivity contribution is 0.0946. The number of carbonyl (C=O) groups is 1. The Morgan fingerprint density at radius 2 is 1.72 bits per heavy atom. The minimum Gasteiger partial charge on any atom is -0.497 e. The number of aromatic nitrogens is 2. The van der Waals surface area contributed by atoms with Gasteiger partial charge in [0.25, 0.3) is 5.91 Å². The van der Waals surface area contributed by atoms with Gasteiger partial charge in [0, 0.05) is 24.5 Å². The van der Waals surface area contributed by atoms with E-state index in [-0.39, 0.29) is 18.3 Å². The fourth-order valence-corrected chi connectivity index (χ4v) is 2.46. The van der Waals surface area contributed by atoms with Gasteiger partial charge >= 0.3 is 0 Å². The lowest BCUT2D eigenvalue weighted by Crippen LogP contribution is -2.28. The monoisotopic (exact) mass is 396 g/mol. The predicted molar refractivity (Wildman–Crippen MR) is 107 cm³/mol. The summed E-state index contributed by atoms with van der Waals surface area (Å²) < 4.78 is 24.2. The van der Waals surface area contributed by atoms with Crippen LogP contribution in [0.3, 0.4) is 0 Å². The Hall–Kier alpha value is -3.68. The molecular formula is C21H21FN4O3. The Morgan fingerprint density at radius 1 is 1.03 bits per heavy atom. The number of amides is 1. The molecule has 8 heteroatoms. The predicted octanol–water partition coefficient (Wildman–Crippen LogP) is 3.05. The molecule has 0 atom stereocenters. The summed E-state index contributed by atoms with van der Waals surface area (Å²) in [6.07, 6.45) is 2.83. The molecule has 0 radical (unpaired) electrons. The number of rotatable bonds is 9. The minimum atomic E-state index is -0.302. The minimum absolute atomic E-state index is 0.251. The number of nitrogens with one attached hydrogen (secondary N) is 2. The van der Waals surface area contributed by atoms with Gasteiger partial charge in [-0.3, -0.25) is 4.79 Å². The molecule has 7 nitrogen and oxygen atoms in total. The summed E-state index contributed by atoms with van der Waals surface area (Å²) in [4.78, 5) is 20.3. The SMILES string of the molecule is COc1ccc(OCCNC(=O)c2cnc(NCc3ccccc3F)nc2)cc1. The van der Waals surface area contributed by atoms with Crippen molar-refractivity contribution in [3.05, 3.63) is 77.9 Å². The summed E-state index contributed by atoms with van der Waals surface area (Å²) >= 11 is 0. The van der Waals surface area contributed by atoms with Gasteiger partial charge in [-0.05, 0) is 30.3 Å². The molecule has 0 aliphatic rings. The summed E-state index contributed by atoms with van der Waals surface area (Å²) in [6, 6.07) is 13.6. The standard InChI is InChI=1S/C21H21FN4O3/c1-28-17-6-8-18(9-7-17)29-11-10-23-20(27)16-13-25-21(26-14-16)24-12-15-4-2-3-5-19(15)22/h2-9,13-14H,10-12H2,1H3,(H,23,27)(H,24,25,26). The van der Waals surface area contributed by atoms with Gasteiger partial charge in [-0.1, -0.05) is 18.2 Å². The first-order chi connectivity index (χ1) is 14.2. The molecule has 0 unspecified atom stereocenters. The van der Waals surface area contributed by atoms with Crippen molar-refractivity contribution in [2.75, 3.05) is 25.6 Å². The molecule has 0 bridgehead atoms. The molecule has 0 fully saturated rings. The molecule has 3 aromatic rings. The van der Waals surface area contributed by atoms with E-state index in [2.05, 4.69) is 20.6 Å². The summed E-state index contributed by atoms with van der Waals surface area (Å²) in [5, 5.41) is 5.66. The largest absolute Gasteiger partial charge is 0.497 e. The zero-order chi connectivity index (χ0) is 20.5. The number of carbonyl (C=O) groups excluding carboxylic acids is 1. The van der Waals surface area contributed by atoms with E-state index in [1.54, 1.807) is 49.6 Å². The van der Waals surface area contributed by atoms with Crippen molar-refractivity contribution in [3.8, 4) is 11.5 Å². The third kappa shape index (κ3) is 5.90. The number of anilines is 1. The van der Waals surface area contributed by atoms with Crippen molar-refractivity contribution in [1.29, 1.82) is 0 Å². The van der Waals surface area contributed by atoms with E-state index >= 15 is 0 Å². The van der Waals surface area contributed by atoms with Crippen LogP contribution in [0, 0.1) is 5.82 Å². The number of benzene rings is 2. The average Bonchev–Trinajstić information content (AvgIpc) is 2.77. The zero-order valence-corrected chi connectivity index (χ0v) is 15.9. The van der Waals surface area contributed by atoms with E-state index < -0.39 is 0 Å². The normalized spacial score (nSPS) is 10.3. The van der Waals surface area contributed by atoms with Crippen molar-refractivity contribution in [1.82, 2.24) is 15.3 Å². The van der Waals surface area contributed by atoms with Crippen LogP contribution in [-0.4, -0.2) is 36.1 Å². The molecule has 29 heavy (non-hydrogen) atoms. The fourth-order valence-electron chi connectivity index (χ4n) is 2.46. The topological polar surface area (TPSA) is 85.4 Å². The van der Waals surface area contributed by atoms with E-state index in [0.717, 1.165) is 5.75 Å². The summed E-state index contributed by atoms with van der Waals surface area (Å²) in [7, 11) is 1.60. The van der Waals surface area contributed by atoms with E-state index in [1.807, 2.05) is 0 Å². The Labute approximate surface area is 167 Å². The molecule has 1 amide bonds. The quantitative estimate of drug-likeness (QED) is 0.541. The average molecular weight is 396 g/mol. The molecule has 0 aliphatic carbocycles. The first-order valence-electron chi connectivity index (χ1n) is 9.00. The maximum atomic E-state index is 13.6. The van der Waals surface area contributed by atoms with Crippen molar-refractivity contribution < 1.29 is 18.7 Å². The Kier molecular flexibility index (Phi) is 6.94. The number of methoxy groups -OCH3 is 1. The van der Waals surface area contributed by atoms with Crippen LogP contribution in [0.15, 0.2) is 60.9 Å². The molecule has 0 aliphatic heterocycles. The molecule has 0 spiro atoms. The maximum absolute atomic E-state index is 13.6. The van der Waals surface area contributed by atoms with Gasteiger partial charge in [-0.2, -0.15) is 0 Å². The highest BCUT2D eigenvalue weighted by molar-refractivity contribution is 5.93. The van der Waals surface area contributed by atoms with Gasteiger partial charge in [0.15, 0.2) is 0 Å². The number of nitrogens with zero attached hydrogens (tertiary/aromatic N) is 2. The van der Waals surface area contributed by atoms with Crippen LogP contribution in [0.25, 0.3) is 0 Å². The smallest absolute Gasteiger partial charge is 0.254 e. The molecule has 3 rings (SSSR count). The highest BCUT2D eigenvalue weighted by Crippen LogP contribution is 2.16. The van der Waals surface area contributed by atoms with E-state index in [4.69, 9.17) is 9.47 Å². The van der Waals surface area contributed by atoms with Crippen LogP contribution in [0.1, 0.15) is 15.9 Å². The second kappa shape index (κ2) is 10.0. The number of halogens is 1. The lowest BCUT2D eigenvalue weighted by atomic mass is 10.2. The zero-order valence-electron chi connectivity index (χ0n) is 15.9. The van der Waals surface area contributed by atoms with Gasteiger partial charge in [0.2, 0.25) is 5.95 Å². The highest BCUT2D eigenvalue weighted by Gasteiger charge is 2.07. The third-order valence-corrected chi connectivity index (χ3v) is 4.02. The van der Waals surface area contributed by atoms with Gasteiger partial charge in [-0.15, -0.1) is 0 Å². The van der Waals surface area contributed by atoms with Crippen molar-refractivity contribution in [2.24, 2.45) is 0 Å². The van der Waals surface area contributed by atoms with E-state index in [0.29, 0.717) is 36.0 Å². The van der Waals surface area contributed by atoms with Crippen LogP contribution in [-0.2, 0) is 6.54 Å². The first-order valence-corrected chi connectivity index (χ1v) is 9.00. The molecule has 1 heterocycles. The van der Waals surface area contributed by atoms with Crippen molar-refractivity contribution in [3.63, 3.8) is 0 Å². The maximum Gasteiger partial charge on any atom is 0.254 e. The Morgan fingerprint density at radius 3 is 2.41 bits per heavy atom. The lowest BCUT2D eigenvalue weighted by Gasteiger charge is -2.09. The van der Waals surface area contributed by atoms with Crippen molar-refractivity contribution >= 4 is 11.9 Å². The number of hydrogen-bond acceptors (Lipinski definition) is 6. The molecule has 0 saturated heterocycles. The molecule has 0 saturated carbocycles. The fraction of sp³-hybridized carbons (Fsp3) is 0.190. The third-order valence-electron chi connectivity index (χ3n) is 4.02. The Balaban J connectivity index is 1.42.